The second-order valence-electron chi connectivity index (χ2n) is 5.60. The predicted molar refractivity (Wildman–Crippen MR) is 80.3 cm³/mol. The largest absolute Gasteiger partial charge is 0.491 e. The van der Waals surface area contributed by atoms with Crippen molar-refractivity contribution in [2.24, 2.45) is 5.92 Å². The molecule has 0 N–H and O–H groups in total. The van der Waals surface area contributed by atoms with Crippen LogP contribution in [-0.4, -0.2) is 43.7 Å². The van der Waals surface area contributed by atoms with Crippen LogP contribution in [0.5, 0.6) is 11.6 Å². The van der Waals surface area contributed by atoms with E-state index in [-0.39, 0.29) is 0 Å². The highest BCUT2D eigenvalue weighted by atomic mass is 16.5. The summed E-state index contributed by atoms with van der Waals surface area (Å²) in [6, 6.07) is 4.56. The Kier molecular flexibility index (Phi) is 5.65. The molecular formula is C16H26N2O2. The molecule has 0 amide bonds. The molecule has 2 aliphatic rings. The van der Waals surface area contributed by atoms with Crippen LogP contribution in [0.3, 0.4) is 0 Å². The quantitative estimate of drug-likeness (QED) is 0.833. The van der Waals surface area contributed by atoms with Crippen molar-refractivity contribution in [1.29, 1.82) is 0 Å². The Morgan fingerprint density at radius 1 is 1.15 bits per heavy atom. The van der Waals surface area contributed by atoms with Crippen LogP contribution in [-0.2, 0) is 0 Å². The van der Waals surface area contributed by atoms with Gasteiger partial charge in [-0.1, -0.05) is 12.8 Å². The SMILES string of the molecule is CN1CCC2CCCC[C@@H]21.COc1cccnc1OC. The molecule has 0 radical (unpaired) electrons. The van der Waals surface area contributed by atoms with E-state index in [1.807, 2.05) is 0 Å². The first-order chi connectivity index (χ1) is 9.76. The standard InChI is InChI=1S/C9H17N.C7H9NO2/c1-10-7-6-8-4-2-3-5-9(8)10;1-9-6-4-3-5-8-7(6)10-2/h8-9H,2-7H2,1H3;3-5H,1-2H3/t8?,9-;/m0./s1. The summed E-state index contributed by atoms with van der Waals surface area (Å²) in [5.41, 5.74) is 0. The molecule has 1 aromatic rings. The second-order valence-corrected chi connectivity index (χ2v) is 5.60. The van der Waals surface area contributed by atoms with Crippen molar-refractivity contribution in [2.45, 2.75) is 38.1 Å². The Labute approximate surface area is 122 Å². The Balaban J connectivity index is 0.000000147. The molecule has 1 aliphatic carbocycles. The van der Waals surface area contributed by atoms with Gasteiger partial charge in [0.15, 0.2) is 5.75 Å². The van der Waals surface area contributed by atoms with Crippen LogP contribution in [0, 0.1) is 5.92 Å². The third-order valence-corrected chi connectivity index (χ3v) is 4.44. The molecule has 1 aliphatic heterocycles. The van der Waals surface area contributed by atoms with E-state index in [1.54, 1.807) is 32.5 Å². The topological polar surface area (TPSA) is 34.6 Å². The highest BCUT2D eigenvalue weighted by Gasteiger charge is 2.32. The van der Waals surface area contributed by atoms with Gasteiger partial charge in [0.2, 0.25) is 0 Å². The normalized spacial score (nSPS) is 25.4. The number of ether oxygens (including phenoxy) is 2. The second kappa shape index (κ2) is 7.48. The van der Waals surface area contributed by atoms with Gasteiger partial charge in [0.1, 0.15) is 0 Å². The van der Waals surface area contributed by atoms with Crippen LogP contribution in [0.1, 0.15) is 32.1 Å². The Bertz CT molecular complexity index is 386. The van der Waals surface area contributed by atoms with Crippen LogP contribution in [0.2, 0.25) is 0 Å². The van der Waals surface area contributed by atoms with Gasteiger partial charge in [-0.3, -0.25) is 0 Å². The van der Waals surface area contributed by atoms with Crippen molar-refractivity contribution in [1.82, 2.24) is 9.88 Å². The van der Waals surface area contributed by atoms with Crippen molar-refractivity contribution in [2.75, 3.05) is 27.8 Å². The zero-order chi connectivity index (χ0) is 14.4. The van der Waals surface area contributed by atoms with E-state index in [0.717, 1.165) is 12.0 Å². The van der Waals surface area contributed by atoms with Crippen LogP contribution in [0.25, 0.3) is 0 Å². The first-order valence-corrected chi connectivity index (χ1v) is 7.49. The fraction of sp³-hybridized carbons (Fsp3) is 0.688. The summed E-state index contributed by atoms with van der Waals surface area (Å²) in [7, 11) is 5.43. The Hall–Kier alpha value is -1.29. The van der Waals surface area contributed by atoms with E-state index in [4.69, 9.17) is 9.47 Å². The summed E-state index contributed by atoms with van der Waals surface area (Å²) in [6.07, 6.45) is 9.08. The van der Waals surface area contributed by atoms with E-state index >= 15 is 0 Å². The molecule has 1 saturated carbocycles. The molecule has 4 nitrogen and oxygen atoms in total. The fourth-order valence-corrected chi connectivity index (χ4v) is 3.33. The lowest BCUT2D eigenvalue weighted by Gasteiger charge is -2.28. The van der Waals surface area contributed by atoms with Gasteiger partial charge < -0.3 is 14.4 Å². The van der Waals surface area contributed by atoms with E-state index in [0.29, 0.717) is 11.6 Å². The number of aromatic nitrogens is 1. The van der Waals surface area contributed by atoms with E-state index in [9.17, 15) is 0 Å². The third-order valence-electron chi connectivity index (χ3n) is 4.44. The molecule has 4 heteroatoms. The molecule has 1 unspecified atom stereocenters. The number of hydrogen-bond donors (Lipinski definition) is 0. The van der Waals surface area contributed by atoms with Gasteiger partial charge in [-0.15, -0.1) is 0 Å². The van der Waals surface area contributed by atoms with Crippen molar-refractivity contribution in [3.63, 3.8) is 0 Å². The zero-order valence-corrected chi connectivity index (χ0v) is 12.8. The fourth-order valence-electron chi connectivity index (χ4n) is 3.33. The molecule has 3 rings (SSSR count). The van der Waals surface area contributed by atoms with Crippen LogP contribution in [0.4, 0.5) is 0 Å². The summed E-state index contributed by atoms with van der Waals surface area (Å²) in [6.45, 7) is 1.36. The minimum absolute atomic E-state index is 0.519. The maximum absolute atomic E-state index is 4.95. The minimum Gasteiger partial charge on any atom is -0.491 e. The monoisotopic (exact) mass is 278 g/mol. The van der Waals surface area contributed by atoms with Crippen molar-refractivity contribution in [3.8, 4) is 11.6 Å². The maximum atomic E-state index is 4.95. The molecule has 0 bridgehead atoms. The number of nitrogens with zero attached hydrogens (tertiary/aromatic N) is 2. The summed E-state index contributed by atoms with van der Waals surface area (Å²) in [5.74, 6) is 2.24. The van der Waals surface area contributed by atoms with Crippen LogP contribution < -0.4 is 9.47 Å². The Morgan fingerprint density at radius 3 is 2.60 bits per heavy atom. The average Bonchev–Trinajstić information content (AvgIpc) is 2.90. The zero-order valence-electron chi connectivity index (χ0n) is 12.8. The van der Waals surface area contributed by atoms with Crippen molar-refractivity contribution in [3.05, 3.63) is 18.3 Å². The number of pyridine rings is 1. The van der Waals surface area contributed by atoms with Gasteiger partial charge in [0, 0.05) is 12.2 Å². The highest BCUT2D eigenvalue weighted by Crippen LogP contribution is 2.34. The van der Waals surface area contributed by atoms with Crippen molar-refractivity contribution >= 4 is 0 Å². The van der Waals surface area contributed by atoms with Gasteiger partial charge in [-0.25, -0.2) is 4.98 Å². The average molecular weight is 278 g/mol. The van der Waals surface area contributed by atoms with E-state index < -0.39 is 0 Å². The highest BCUT2D eigenvalue weighted by molar-refractivity contribution is 5.31. The van der Waals surface area contributed by atoms with E-state index in [2.05, 4.69) is 16.9 Å². The molecule has 2 fully saturated rings. The number of hydrogen-bond acceptors (Lipinski definition) is 4. The lowest BCUT2D eigenvalue weighted by molar-refractivity contribution is 0.215. The Morgan fingerprint density at radius 2 is 1.95 bits per heavy atom. The lowest BCUT2D eigenvalue weighted by Crippen LogP contribution is -2.31. The molecular weight excluding hydrogens is 252 g/mol. The maximum Gasteiger partial charge on any atom is 0.256 e. The molecule has 112 valence electrons. The van der Waals surface area contributed by atoms with Gasteiger partial charge in [0.05, 0.1) is 14.2 Å². The molecule has 0 spiro atoms. The molecule has 0 aromatic carbocycles. The van der Waals surface area contributed by atoms with E-state index in [1.165, 1.54) is 38.6 Å². The summed E-state index contributed by atoms with van der Waals surface area (Å²) in [4.78, 5) is 6.48. The van der Waals surface area contributed by atoms with Crippen molar-refractivity contribution < 1.29 is 9.47 Å². The predicted octanol–water partition coefficient (Wildman–Crippen LogP) is 2.98. The summed E-state index contributed by atoms with van der Waals surface area (Å²) in [5, 5.41) is 0. The molecule has 2 atom stereocenters. The molecule has 20 heavy (non-hydrogen) atoms. The number of fused-ring (bicyclic) bond motifs is 1. The smallest absolute Gasteiger partial charge is 0.256 e. The molecule has 2 heterocycles. The van der Waals surface area contributed by atoms with Crippen LogP contribution >= 0.6 is 0 Å². The number of likely N-dealkylation sites (tertiary alicyclic amines) is 1. The number of rotatable bonds is 2. The summed E-state index contributed by atoms with van der Waals surface area (Å²) < 4.78 is 9.85. The molecule has 1 saturated heterocycles. The number of methoxy groups -OCH3 is 2. The third kappa shape index (κ3) is 3.63. The molecule has 1 aromatic heterocycles. The van der Waals surface area contributed by atoms with Gasteiger partial charge in [-0.2, -0.15) is 0 Å². The first kappa shape index (κ1) is 15.1. The van der Waals surface area contributed by atoms with Gasteiger partial charge >= 0.3 is 0 Å². The minimum atomic E-state index is 0.519. The van der Waals surface area contributed by atoms with Crippen LogP contribution in [0.15, 0.2) is 18.3 Å². The first-order valence-electron chi connectivity index (χ1n) is 7.49. The van der Waals surface area contributed by atoms with Gasteiger partial charge in [-0.05, 0) is 50.9 Å². The lowest BCUT2D eigenvalue weighted by atomic mass is 9.85. The van der Waals surface area contributed by atoms with Gasteiger partial charge in [0.25, 0.3) is 5.88 Å². The summed E-state index contributed by atoms with van der Waals surface area (Å²) >= 11 is 0.